The van der Waals surface area contributed by atoms with Crippen molar-refractivity contribution in [1.82, 2.24) is 9.97 Å². The van der Waals surface area contributed by atoms with Gasteiger partial charge in [-0.3, -0.25) is 0 Å². The lowest BCUT2D eigenvalue weighted by molar-refractivity contribution is 0.467. The first-order chi connectivity index (χ1) is 9.58. The molecule has 0 aliphatic heterocycles. The van der Waals surface area contributed by atoms with Crippen molar-refractivity contribution >= 4 is 5.82 Å². The van der Waals surface area contributed by atoms with E-state index in [1.54, 1.807) is 0 Å². The van der Waals surface area contributed by atoms with E-state index in [2.05, 4.69) is 15.4 Å². The highest BCUT2D eigenvalue weighted by Crippen LogP contribution is 2.40. The van der Waals surface area contributed by atoms with Crippen LogP contribution < -0.4 is 11.3 Å². The van der Waals surface area contributed by atoms with Crippen molar-refractivity contribution < 1.29 is 5.11 Å². The summed E-state index contributed by atoms with van der Waals surface area (Å²) >= 11 is 0. The van der Waals surface area contributed by atoms with Crippen molar-refractivity contribution in [3.63, 3.8) is 0 Å². The summed E-state index contributed by atoms with van der Waals surface area (Å²) < 4.78 is 0. The molecule has 2 aromatic rings. The molecule has 1 heterocycles. The van der Waals surface area contributed by atoms with E-state index in [-0.39, 0.29) is 0 Å². The van der Waals surface area contributed by atoms with Gasteiger partial charge in [-0.25, -0.2) is 15.8 Å². The third kappa shape index (κ3) is 2.32. The number of nitrogens with one attached hydrogen (secondary N) is 1. The normalized spacial score (nSPS) is 14.3. The number of aromatic nitrogens is 2. The molecule has 0 amide bonds. The van der Waals surface area contributed by atoms with Crippen LogP contribution in [-0.2, 0) is 0 Å². The van der Waals surface area contributed by atoms with Crippen LogP contribution in [0.3, 0.4) is 0 Å². The molecule has 1 aromatic carbocycles. The number of aryl methyl sites for hydroxylation is 2. The highest BCUT2D eigenvalue weighted by Gasteiger charge is 2.26. The summed E-state index contributed by atoms with van der Waals surface area (Å²) in [7, 11) is 0. The van der Waals surface area contributed by atoms with Crippen LogP contribution in [0.2, 0.25) is 0 Å². The molecule has 5 heteroatoms. The summed E-state index contributed by atoms with van der Waals surface area (Å²) in [4.78, 5) is 9.05. The Balaban J connectivity index is 2.11. The maximum absolute atomic E-state index is 9.86. The molecular weight excluding hydrogens is 252 g/mol. The molecule has 1 saturated carbocycles. The highest BCUT2D eigenvalue weighted by atomic mass is 16.3. The molecule has 20 heavy (non-hydrogen) atoms. The molecule has 0 bridgehead atoms. The fourth-order valence-electron chi connectivity index (χ4n) is 2.34. The molecule has 1 aromatic heterocycles. The summed E-state index contributed by atoms with van der Waals surface area (Å²) in [6, 6.07) is 5.70. The number of aromatic hydroxyl groups is 1. The molecule has 1 fully saturated rings. The number of nitrogen functional groups attached to an aromatic ring is 1. The first kappa shape index (κ1) is 12.9. The Morgan fingerprint density at radius 1 is 1.15 bits per heavy atom. The van der Waals surface area contributed by atoms with Crippen LogP contribution in [0.1, 0.15) is 35.6 Å². The van der Waals surface area contributed by atoms with E-state index in [1.165, 1.54) is 12.8 Å². The second-order valence-electron chi connectivity index (χ2n) is 5.38. The molecular formula is C15H18N4O. The Bertz CT molecular complexity index is 642. The molecule has 5 nitrogen and oxygen atoms in total. The lowest BCUT2D eigenvalue weighted by Gasteiger charge is -2.10. The summed E-state index contributed by atoms with van der Waals surface area (Å²) in [6.07, 6.45) is 2.35. The van der Waals surface area contributed by atoms with Crippen LogP contribution >= 0.6 is 0 Å². The molecule has 104 valence electrons. The van der Waals surface area contributed by atoms with Crippen LogP contribution in [0.4, 0.5) is 5.82 Å². The van der Waals surface area contributed by atoms with Gasteiger partial charge in [0.2, 0.25) is 0 Å². The van der Waals surface area contributed by atoms with Gasteiger partial charge < -0.3 is 10.5 Å². The quantitative estimate of drug-likeness (QED) is 0.590. The average molecular weight is 270 g/mol. The second kappa shape index (κ2) is 4.76. The fourth-order valence-corrected chi connectivity index (χ4v) is 2.34. The summed E-state index contributed by atoms with van der Waals surface area (Å²) in [6.45, 7) is 3.75. The van der Waals surface area contributed by atoms with E-state index in [0.29, 0.717) is 23.3 Å². The van der Waals surface area contributed by atoms with E-state index in [4.69, 9.17) is 5.84 Å². The topological polar surface area (TPSA) is 84.1 Å². The van der Waals surface area contributed by atoms with Gasteiger partial charge in [0.15, 0.2) is 5.82 Å². The van der Waals surface area contributed by atoms with Gasteiger partial charge in [-0.2, -0.15) is 0 Å². The molecule has 0 atom stereocenters. The lowest BCUT2D eigenvalue weighted by atomic mass is 10.1. The predicted molar refractivity (Wildman–Crippen MR) is 78.4 cm³/mol. The molecule has 0 radical (unpaired) electrons. The number of rotatable bonds is 3. The number of hydrogen-bond donors (Lipinski definition) is 3. The zero-order valence-electron chi connectivity index (χ0n) is 11.6. The molecule has 0 unspecified atom stereocenters. The molecule has 4 N–H and O–H groups in total. The largest absolute Gasteiger partial charge is 0.507 e. The van der Waals surface area contributed by atoms with Crippen molar-refractivity contribution in [2.45, 2.75) is 32.6 Å². The van der Waals surface area contributed by atoms with E-state index in [1.807, 2.05) is 32.0 Å². The van der Waals surface area contributed by atoms with Crippen molar-refractivity contribution in [3.8, 4) is 17.1 Å². The van der Waals surface area contributed by atoms with Crippen LogP contribution in [0.5, 0.6) is 5.75 Å². The van der Waals surface area contributed by atoms with Crippen molar-refractivity contribution in [3.05, 3.63) is 35.0 Å². The first-order valence-corrected chi connectivity index (χ1v) is 6.74. The molecule has 1 aliphatic carbocycles. The molecule has 0 saturated heterocycles. The zero-order valence-corrected chi connectivity index (χ0v) is 11.6. The standard InChI is InChI=1S/C15H18N4O/c1-8-5-11(6-9(2)14(8)20)15-17-12(10-3-4-10)7-13(18-15)19-16/h5-7,10,20H,3-4,16H2,1-2H3,(H,17,18,19). The van der Waals surface area contributed by atoms with E-state index < -0.39 is 0 Å². The van der Waals surface area contributed by atoms with Crippen LogP contribution in [0, 0.1) is 13.8 Å². The second-order valence-corrected chi connectivity index (χ2v) is 5.38. The van der Waals surface area contributed by atoms with Gasteiger partial charge >= 0.3 is 0 Å². The maximum Gasteiger partial charge on any atom is 0.161 e. The van der Waals surface area contributed by atoms with E-state index >= 15 is 0 Å². The maximum atomic E-state index is 9.86. The van der Waals surface area contributed by atoms with Gasteiger partial charge in [0.1, 0.15) is 11.6 Å². The monoisotopic (exact) mass is 270 g/mol. The van der Waals surface area contributed by atoms with E-state index in [0.717, 1.165) is 22.4 Å². The Hall–Kier alpha value is -2.14. The van der Waals surface area contributed by atoms with Gasteiger partial charge in [-0.05, 0) is 49.9 Å². The van der Waals surface area contributed by atoms with Gasteiger partial charge in [-0.1, -0.05) is 0 Å². The predicted octanol–water partition coefficient (Wildman–Crippen LogP) is 2.63. The minimum absolute atomic E-state index is 0.323. The average Bonchev–Trinajstić information content (AvgIpc) is 3.28. The number of phenolic OH excluding ortho intramolecular Hbond substituents is 1. The van der Waals surface area contributed by atoms with Gasteiger partial charge in [0, 0.05) is 23.2 Å². The van der Waals surface area contributed by atoms with Crippen molar-refractivity contribution in [2.75, 3.05) is 5.43 Å². The number of hydrogen-bond acceptors (Lipinski definition) is 5. The van der Waals surface area contributed by atoms with Gasteiger partial charge in [-0.15, -0.1) is 0 Å². The Kier molecular flexibility index (Phi) is 3.06. The number of phenols is 1. The third-order valence-corrected chi connectivity index (χ3v) is 3.64. The zero-order chi connectivity index (χ0) is 14.3. The number of hydrazine groups is 1. The highest BCUT2D eigenvalue weighted by molar-refractivity contribution is 5.62. The Labute approximate surface area is 117 Å². The minimum Gasteiger partial charge on any atom is -0.507 e. The summed E-state index contributed by atoms with van der Waals surface area (Å²) in [5, 5.41) is 9.86. The van der Waals surface area contributed by atoms with Crippen LogP contribution in [-0.4, -0.2) is 15.1 Å². The smallest absolute Gasteiger partial charge is 0.161 e. The Morgan fingerprint density at radius 3 is 2.35 bits per heavy atom. The molecule has 3 rings (SSSR count). The molecule has 1 aliphatic rings. The number of benzene rings is 1. The Morgan fingerprint density at radius 2 is 1.80 bits per heavy atom. The lowest BCUT2D eigenvalue weighted by Crippen LogP contribution is -2.10. The first-order valence-electron chi connectivity index (χ1n) is 6.74. The number of anilines is 1. The fraction of sp³-hybridized carbons (Fsp3) is 0.333. The number of nitrogens with two attached hydrogens (primary N) is 1. The van der Waals surface area contributed by atoms with Gasteiger partial charge in [0.05, 0.1) is 0 Å². The van der Waals surface area contributed by atoms with Crippen molar-refractivity contribution in [2.24, 2.45) is 5.84 Å². The third-order valence-electron chi connectivity index (χ3n) is 3.64. The van der Waals surface area contributed by atoms with Crippen LogP contribution in [0.15, 0.2) is 18.2 Å². The SMILES string of the molecule is Cc1cc(-c2nc(NN)cc(C3CC3)n2)cc(C)c1O. The summed E-state index contributed by atoms with van der Waals surface area (Å²) in [5.74, 6) is 7.62. The van der Waals surface area contributed by atoms with E-state index in [9.17, 15) is 5.11 Å². The molecule has 0 spiro atoms. The minimum atomic E-state index is 0.323. The summed E-state index contributed by atoms with van der Waals surface area (Å²) in [5.41, 5.74) is 6.18. The van der Waals surface area contributed by atoms with Gasteiger partial charge in [0.25, 0.3) is 0 Å². The number of nitrogens with zero attached hydrogens (tertiary/aromatic N) is 2. The van der Waals surface area contributed by atoms with Crippen molar-refractivity contribution in [1.29, 1.82) is 0 Å². The van der Waals surface area contributed by atoms with Crippen LogP contribution in [0.25, 0.3) is 11.4 Å².